The third kappa shape index (κ3) is 3.94. The molecule has 0 bridgehead atoms. The van der Waals surface area contributed by atoms with Crippen LogP contribution in [0.15, 0.2) is 65.6 Å². The third-order valence-electron chi connectivity index (χ3n) is 7.13. The molecule has 1 saturated carbocycles. The predicted octanol–water partition coefficient (Wildman–Crippen LogP) is 4.63. The van der Waals surface area contributed by atoms with Crippen molar-refractivity contribution in [2.75, 3.05) is 13.1 Å². The van der Waals surface area contributed by atoms with Crippen molar-refractivity contribution >= 4 is 16.8 Å². The Bertz CT molecular complexity index is 1430. The fourth-order valence-electron chi connectivity index (χ4n) is 5.09. The zero-order valence-electron chi connectivity index (χ0n) is 19.3. The molecule has 1 atom stereocenters. The summed E-state index contributed by atoms with van der Waals surface area (Å²) in [5.41, 5.74) is 4.98. The SMILES string of the molecule is Cc1cc(=O)n(CC2CCN(C(=O)C3CC3)C2)c(-c2ccc(-c3ccc4cc[nH]c4c3)cc2)n1. The highest BCUT2D eigenvalue weighted by Gasteiger charge is 2.36. The maximum absolute atomic E-state index is 13.0. The van der Waals surface area contributed by atoms with E-state index >= 15 is 0 Å². The molecule has 4 aromatic rings. The summed E-state index contributed by atoms with van der Waals surface area (Å²) in [6, 6.07) is 18.3. The summed E-state index contributed by atoms with van der Waals surface area (Å²) in [5, 5.41) is 1.19. The minimum Gasteiger partial charge on any atom is -0.361 e. The zero-order chi connectivity index (χ0) is 23.2. The van der Waals surface area contributed by atoms with E-state index in [2.05, 4.69) is 41.4 Å². The van der Waals surface area contributed by atoms with Crippen LogP contribution in [0.1, 0.15) is 25.0 Å². The zero-order valence-corrected chi connectivity index (χ0v) is 19.3. The van der Waals surface area contributed by atoms with Gasteiger partial charge in [-0.3, -0.25) is 14.2 Å². The third-order valence-corrected chi connectivity index (χ3v) is 7.13. The van der Waals surface area contributed by atoms with Crippen LogP contribution in [0.2, 0.25) is 0 Å². The van der Waals surface area contributed by atoms with Crippen LogP contribution in [-0.2, 0) is 11.3 Å². The molecule has 34 heavy (non-hydrogen) atoms. The quantitative estimate of drug-likeness (QED) is 0.480. The lowest BCUT2D eigenvalue weighted by molar-refractivity contribution is -0.131. The molecule has 172 valence electrons. The van der Waals surface area contributed by atoms with Gasteiger partial charge >= 0.3 is 0 Å². The molecule has 3 heterocycles. The van der Waals surface area contributed by atoms with Gasteiger partial charge in [0.25, 0.3) is 5.56 Å². The first kappa shape index (κ1) is 20.9. The lowest BCUT2D eigenvalue weighted by Gasteiger charge is -2.18. The van der Waals surface area contributed by atoms with Crippen LogP contribution in [0.25, 0.3) is 33.4 Å². The molecule has 6 rings (SSSR count). The first-order valence-corrected chi connectivity index (χ1v) is 12.1. The van der Waals surface area contributed by atoms with E-state index in [1.165, 1.54) is 5.39 Å². The number of likely N-dealkylation sites (tertiary alicyclic amines) is 1. The molecule has 1 unspecified atom stereocenters. The van der Waals surface area contributed by atoms with E-state index in [1.807, 2.05) is 30.2 Å². The summed E-state index contributed by atoms with van der Waals surface area (Å²) in [5.74, 6) is 1.51. The molecule has 1 aliphatic carbocycles. The van der Waals surface area contributed by atoms with Crippen molar-refractivity contribution in [2.24, 2.45) is 11.8 Å². The van der Waals surface area contributed by atoms with Gasteiger partial charge in [0.05, 0.1) is 0 Å². The number of benzene rings is 2. The number of H-pyrrole nitrogens is 1. The molecule has 1 aliphatic heterocycles. The number of aromatic nitrogens is 3. The average molecular weight is 453 g/mol. The molecular weight excluding hydrogens is 424 g/mol. The van der Waals surface area contributed by atoms with Gasteiger partial charge in [0.1, 0.15) is 5.82 Å². The number of hydrogen-bond donors (Lipinski definition) is 1. The Labute approximate surface area is 198 Å². The van der Waals surface area contributed by atoms with Crippen molar-refractivity contribution in [3.05, 3.63) is 76.8 Å². The van der Waals surface area contributed by atoms with E-state index in [9.17, 15) is 9.59 Å². The number of nitrogens with one attached hydrogen (secondary N) is 1. The minimum atomic E-state index is -0.0317. The molecule has 0 radical (unpaired) electrons. The van der Waals surface area contributed by atoms with Crippen LogP contribution < -0.4 is 5.56 Å². The first-order chi connectivity index (χ1) is 16.5. The smallest absolute Gasteiger partial charge is 0.253 e. The fourth-order valence-corrected chi connectivity index (χ4v) is 5.09. The molecular formula is C28H28N4O2. The van der Waals surface area contributed by atoms with Crippen LogP contribution in [0.5, 0.6) is 0 Å². The molecule has 2 aromatic heterocycles. The highest BCUT2D eigenvalue weighted by atomic mass is 16.2. The molecule has 6 nitrogen and oxygen atoms in total. The maximum atomic E-state index is 13.0. The summed E-state index contributed by atoms with van der Waals surface area (Å²) in [7, 11) is 0. The maximum Gasteiger partial charge on any atom is 0.253 e. The minimum absolute atomic E-state index is 0.0317. The Hall–Kier alpha value is -3.67. The molecule has 6 heteroatoms. The van der Waals surface area contributed by atoms with Crippen molar-refractivity contribution in [1.29, 1.82) is 0 Å². The number of nitrogens with zero attached hydrogens (tertiary/aromatic N) is 3. The van der Waals surface area contributed by atoms with Crippen molar-refractivity contribution in [1.82, 2.24) is 19.4 Å². The fraction of sp³-hybridized carbons (Fsp3) is 0.321. The molecule has 2 fully saturated rings. The van der Waals surface area contributed by atoms with Gasteiger partial charge in [-0.05, 0) is 60.7 Å². The second-order valence-corrected chi connectivity index (χ2v) is 9.74. The Morgan fingerprint density at radius 3 is 2.56 bits per heavy atom. The first-order valence-electron chi connectivity index (χ1n) is 12.1. The van der Waals surface area contributed by atoms with Gasteiger partial charge in [0, 0.05) is 54.6 Å². The van der Waals surface area contributed by atoms with Crippen molar-refractivity contribution in [2.45, 2.75) is 32.7 Å². The number of fused-ring (bicyclic) bond motifs is 1. The number of rotatable bonds is 5. The summed E-state index contributed by atoms with van der Waals surface area (Å²) in [4.78, 5) is 35.4. The number of hydrogen-bond acceptors (Lipinski definition) is 3. The number of carbonyl (C=O) groups excluding carboxylic acids is 1. The molecule has 0 spiro atoms. The van der Waals surface area contributed by atoms with E-state index in [4.69, 9.17) is 4.98 Å². The summed E-state index contributed by atoms with van der Waals surface area (Å²) >= 11 is 0. The van der Waals surface area contributed by atoms with Gasteiger partial charge in [-0.1, -0.05) is 36.4 Å². The van der Waals surface area contributed by atoms with E-state index in [1.54, 1.807) is 10.6 Å². The lowest BCUT2D eigenvalue weighted by atomic mass is 10.0. The molecule has 1 saturated heterocycles. The summed E-state index contributed by atoms with van der Waals surface area (Å²) in [6.45, 7) is 3.97. The van der Waals surface area contributed by atoms with Crippen LogP contribution in [-0.4, -0.2) is 38.4 Å². The average Bonchev–Trinajstić information content (AvgIpc) is 3.40. The summed E-state index contributed by atoms with van der Waals surface area (Å²) < 4.78 is 1.79. The number of aryl methyl sites for hydroxylation is 1. The van der Waals surface area contributed by atoms with Gasteiger partial charge in [0.2, 0.25) is 5.91 Å². The van der Waals surface area contributed by atoms with Gasteiger partial charge in [-0.15, -0.1) is 0 Å². The molecule has 1 amide bonds. The summed E-state index contributed by atoms with van der Waals surface area (Å²) in [6.07, 6.45) is 4.94. The normalized spacial score (nSPS) is 18.0. The number of amides is 1. The Balaban J connectivity index is 1.27. The Kier molecular flexibility index (Phi) is 5.09. The Morgan fingerprint density at radius 1 is 1.00 bits per heavy atom. The Morgan fingerprint density at radius 2 is 1.76 bits per heavy atom. The van der Waals surface area contributed by atoms with Gasteiger partial charge in [-0.2, -0.15) is 0 Å². The van der Waals surface area contributed by atoms with Crippen molar-refractivity contribution in [3.8, 4) is 22.5 Å². The monoisotopic (exact) mass is 452 g/mol. The number of aromatic amines is 1. The van der Waals surface area contributed by atoms with Crippen molar-refractivity contribution in [3.63, 3.8) is 0 Å². The van der Waals surface area contributed by atoms with Crippen LogP contribution in [0.3, 0.4) is 0 Å². The van der Waals surface area contributed by atoms with E-state index in [0.29, 0.717) is 18.3 Å². The highest BCUT2D eigenvalue weighted by molar-refractivity contribution is 5.85. The van der Waals surface area contributed by atoms with Crippen molar-refractivity contribution < 1.29 is 4.79 Å². The van der Waals surface area contributed by atoms with E-state index in [0.717, 1.165) is 60.3 Å². The molecule has 2 aromatic carbocycles. The van der Waals surface area contributed by atoms with Gasteiger partial charge in [0.15, 0.2) is 0 Å². The van der Waals surface area contributed by atoms with Crippen LogP contribution in [0, 0.1) is 18.8 Å². The predicted molar refractivity (Wildman–Crippen MR) is 133 cm³/mol. The van der Waals surface area contributed by atoms with Crippen LogP contribution in [0.4, 0.5) is 0 Å². The topological polar surface area (TPSA) is 71.0 Å². The second-order valence-electron chi connectivity index (χ2n) is 9.74. The van der Waals surface area contributed by atoms with E-state index < -0.39 is 0 Å². The van der Waals surface area contributed by atoms with E-state index in [-0.39, 0.29) is 17.4 Å². The van der Waals surface area contributed by atoms with Gasteiger partial charge in [-0.25, -0.2) is 4.98 Å². The largest absolute Gasteiger partial charge is 0.361 e. The standard InChI is InChI=1S/C28H28N4O2/c1-18-14-26(33)32(17-19-11-13-31(16-19)28(34)23-7-8-23)27(30-18)22-5-2-20(3-6-22)24-9-4-21-10-12-29-25(21)15-24/h2-6,9-10,12,14-15,19,23,29H,7-8,11,13,16-17H2,1H3. The lowest BCUT2D eigenvalue weighted by Crippen LogP contribution is -2.32. The number of carbonyl (C=O) groups is 1. The van der Waals surface area contributed by atoms with Crippen LogP contribution >= 0.6 is 0 Å². The highest BCUT2D eigenvalue weighted by Crippen LogP contribution is 2.33. The van der Waals surface area contributed by atoms with Gasteiger partial charge < -0.3 is 9.88 Å². The molecule has 1 N–H and O–H groups in total. The molecule has 2 aliphatic rings. The second kappa shape index (κ2) is 8.28.